The zero-order valence-electron chi connectivity index (χ0n) is 20.3. The van der Waals surface area contributed by atoms with Crippen molar-refractivity contribution in [1.82, 2.24) is 19.8 Å². The van der Waals surface area contributed by atoms with E-state index in [0.717, 1.165) is 5.56 Å². The molecule has 3 heterocycles. The van der Waals surface area contributed by atoms with E-state index in [4.69, 9.17) is 11.3 Å². The molecule has 1 saturated heterocycles. The fraction of sp³-hybridized carbons (Fsp3) is 0.417. The van der Waals surface area contributed by atoms with Gasteiger partial charge in [-0.25, -0.2) is 20.0 Å². The van der Waals surface area contributed by atoms with E-state index in [9.17, 15) is 18.2 Å². The first-order valence-electron chi connectivity index (χ1n) is 11.8. The highest BCUT2D eigenvalue weighted by molar-refractivity contribution is 7.85. The summed E-state index contributed by atoms with van der Waals surface area (Å²) in [5.74, 6) is 5.66. The van der Waals surface area contributed by atoms with E-state index in [-0.39, 0.29) is 41.5 Å². The highest BCUT2D eigenvalue weighted by Gasteiger charge is 2.29. The van der Waals surface area contributed by atoms with E-state index in [1.807, 2.05) is 13.8 Å². The van der Waals surface area contributed by atoms with Gasteiger partial charge in [-0.05, 0) is 55.7 Å². The smallest absolute Gasteiger partial charge is 0.320 e. The second-order valence-corrected chi connectivity index (χ2v) is 10.8. The molecule has 0 aliphatic carbocycles. The van der Waals surface area contributed by atoms with E-state index in [2.05, 4.69) is 10.3 Å². The number of nitrogens with two attached hydrogens (primary N) is 1. The van der Waals surface area contributed by atoms with E-state index in [1.165, 1.54) is 17.1 Å². The van der Waals surface area contributed by atoms with Crippen LogP contribution in [0.3, 0.4) is 0 Å². The second kappa shape index (κ2) is 10.7. The molecule has 36 heavy (non-hydrogen) atoms. The van der Waals surface area contributed by atoms with Crippen molar-refractivity contribution >= 4 is 34.4 Å². The van der Waals surface area contributed by atoms with Crippen LogP contribution in [0.5, 0.6) is 0 Å². The number of halogens is 1. The Bertz CT molecular complexity index is 1210. The number of hydrazine groups is 1. The standard InChI is InChI=1S/C24H30FN7O3S/c1-15(2)32(27)22(26)20-4-3-5-21(28-20)29-23(33)18-12-17-14-31(7-6-16(17)13-19(18)25)24(34)30-8-10-36(35)11-9-30/h3-5,12-13,15,26H,6-11,14,27H2,1-2H3,(H,28,29,33). The molecule has 192 valence electrons. The molecule has 2 aliphatic heterocycles. The summed E-state index contributed by atoms with van der Waals surface area (Å²) in [4.78, 5) is 33.5. The molecule has 0 bridgehead atoms. The molecule has 12 heteroatoms. The van der Waals surface area contributed by atoms with Crippen LogP contribution in [0.15, 0.2) is 30.3 Å². The number of hydrogen-bond acceptors (Lipinski definition) is 6. The lowest BCUT2D eigenvalue weighted by molar-refractivity contribution is 0.102. The first kappa shape index (κ1) is 25.7. The average molecular weight is 516 g/mol. The number of carbonyl (C=O) groups excluding carboxylic acids is 2. The molecule has 4 N–H and O–H groups in total. The lowest BCUT2D eigenvalue weighted by Crippen LogP contribution is -2.50. The Labute approximate surface area is 211 Å². The molecule has 2 aliphatic rings. The summed E-state index contributed by atoms with van der Waals surface area (Å²) in [5.41, 5.74) is 1.59. The fourth-order valence-electron chi connectivity index (χ4n) is 4.16. The zero-order valence-corrected chi connectivity index (χ0v) is 21.1. The number of hydrogen-bond donors (Lipinski definition) is 3. The third kappa shape index (κ3) is 5.54. The van der Waals surface area contributed by atoms with Gasteiger partial charge in [-0.3, -0.25) is 19.4 Å². The Morgan fingerprint density at radius 1 is 1.17 bits per heavy atom. The molecule has 0 saturated carbocycles. The minimum absolute atomic E-state index is 0.00855. The summed E-state index contributed by atoms with van der Waals surface area (Å²) in [6.07, 6.45) is 0.483. The predicted octanol–water partition coefficient (Wildman–Crippen LogP) is 1.92. The number of benzene rings is 1. The highest BCUT2D eigenvalue weighted by Crippen LogP contribution is 2.24. The number of amides is 3. The number of fused-ring (bicyclic) bond motifs is 1. The van der Waals surface area contributed by atoms with Crippen molar-refractivity contribution in [2.75, 3.05) is 36.5 Å². The molecule has 10 nitrogen and oxygen atoms in total. The summed E-state index contributed by atoms with van der Waals surface area (Å²) < 4.78 is 26.5. The molecule has 0 unspecified atom stereocenters. The van der Waals surface area contributed by atoms with Crippen molar-refractivity contribution in [3.05, 3.63) is 58.5 Å². The van der Waals surface area contributed by atoms with Crippen LogP contribution in [0.2, 0.25) is 0 Å². The van der Waals surface area contributed by atoms with Gasteiger partial charge in [0.25, 0.3) is 5.91 Å². The molecule has 1 aromatic heterocycles. The van der Waals surface area contributed by atoms with E-state index in [1.54, 1.807) is 28.0 Å². The summed E-state index contributed by atoms with van der Waals surface area (Å²) in [6, 6.07) is 7.36. The van der Waals surface area contributed by atoms with E-state index in [0.29, 0.717) is 43.1 Å². The predicted molar refractivity (Wildman–Crippen MR) is 136 cm³/mol. The summed E-state index contributed by atoms with van der Waals surface area (Å²) in [7, 11) is -0.880. The number of aromatic nitrogens is 1. The third-order valence-corrected chi connectivity index (χ3v) is 7.59. The van der Waals surface area contributed by atoms with E-state index >= 15 is 0 Å². The number of anilines is 1. The van der Waals surface area contributed by atoms with Crippen molar-refractivity contribution < 1.29 is 18.2 Å². The van der Waals surface area contributed by atoms with Gasteiger partial charge in [0.2, 0.25) is 0 Å². The monoisotopic (exact) mass is 515 g/mol. The zero-order chi connectivity index (χ0) is 26.0. The molecule has 0 atom stereocenters. The van der Waals surface area contributed by atoms with Crippen molar-refractivity contribution in [2.45, 2.75) is 32.9 Å². The van der Waals surface area contributed by atoms with Gasteiger partial charge >= 0.3 is 6.03 Å². The summed E-state index contributed by atoms with van der Waals surface area (Å²) in [6.45, 7) is 5.29. The maximum Gasteiger partial charge on any atom is 0.320 e. The fourth-order valence-corrected chi connectivity index (χ4v) is 5.21. The van der Waals surface area contributed by atoms with Crippen molar-refractivity contribution in [2.24, 2.45) is 5.84 Å². The van der Waals surface area contributed by atoms with Crippen LogP contribution >= 0.6 is 0 Å². The average Bonchev–Trinajstić information content (AvgIpc) is 2.87. The lowest BCUT2D eigenvalue weighted by atomic mass is 9.96. The number of amidine groups is 1. The Hall–Kier alpha value is -3.38. The molecule has 0 spiro atoms. The van der Waals surface area contributed by atoms with Crippen molar-refractivity contribution in [3.8, 4) is 0 Å². The van der Waals surface area contributed by atoms with Gasteiger partial charge in [-0.1, -0.05) is 6.07 Å². The van der Waals surface area contributed by atoms with Crippen LogP contribution in [0, 0.1) is 11.2 Å². The maximum absolute atomic E-state index is 14.9. The number of rotatable bonds is 4. The molecular weight excluding hydrogens is 485 g/mol. The number of nitrogens with zero attached hydrogens (tertiary/aromatic N) is 4. The molecule has 1 fully saturated rings. The van der Waals surface area contributed by atoms with Gasteiger partial charge in [0.1, 0.15) is 17.3 Å². The minimum Gasteiger partial charge on any atom is -0.323 e. The molecule has 4 rings (SSSR count). The number of carbonyl (C=O) groups is 2. The van der Waals surface area contributed by atoms with Crippen molar-refractivity contribution in [3.63, 3.8) is 0 Å². The Morgan fingerprint density at radius 3 is 2.58 bits per heavy atom. The Morgan fingerprint density at radius 2 is 1.89 bits per heavy atom. The van der Waals surface area contributed by atoms with Crippen molar-refractivity contribution in [1.29, 1.82) is 5.41 Å². The minimum atomic E-state index is -0.880. The maximum atomic E-state index is 14.9. The summed E-state index contributed by atoms with van der Waals surface area (Å²) >= 11 is 0. The van der Waals surface area contributed by atoms with Crippen LogP contribution in [-0.2, 0) is 23.8 Å². The van der Waals surface area contributed by atoms with Gasteiger partial charge in [0, 0.05) is 54.5 Å². The normalized spacial score (nSPS) is 16.0. The number of pyridine rings is 1. The van der Waals surface area contributed by atoms with Crippen LogP contribution in [0.4, 0.5) is 15.0 Å². The molecule has 3 amide bonds. The largest absolute Gasteiger partial charge is 0.323 e. The third-order valence-electron chi connectivity index (χ3n) is 6.31. The van der Waals surface area contributed by atoms with Crippen LogP contribution in [0.25, 0.3) is 0 Å². The van der Waals surface area contributed by atoms with Gasteiger partial charge < -0.3 is 15.1 Å². The van der Waals surface area contributed by atoms with Crippen LogP contribution in [-0.4, -0.2) is 79.0 Å². The number of urea groups is 1. The van der Waals surface area contributed by atoms with Gasteiger partial charge in [0.15, 0.2) is 5.84 Å². The van der Waals surface area contributed by atoms with E-state index < -0.39 is 22.5 Å². The van der Waals surface area contributed by atoms with Crippen LogP contribution in [0.1, 0.15) is 41.0 Å². The first-order valence-corrected chi connectivity index (χ1v) is 13.2. The van der Waals surface area contributed by atoms with Gasteiger partial charge in [0.05, 0.1) is 5.56 Å². The second-order valence-electron chi connectivity index (χ2n) is 9.10. The molecule has 1 aromatic carbocycles. The summed E-state index contributed by atoms with van der Waals surface area (Å²) in [5, 5.41) is 12.1. The van der Waals surface area contributed by atoms with Crippen LogP contribution < -0.4 is 11.2 Å². The molecule has 0 radical (unpaired) electrons. The first-order chi connectivity index (χ1) is 17.1. The Kier molecular flexibility index (Phi) is 7.65. The highest BCUT2D eigenvalue weighted by atomic mass is 32.2. The van der Waals surface area contributed by atoms with Gasteiger partial charge in [-0.15, -0.1) is 0 Å². The SMILES string of the molecule is CC(C)N(N)C(=N)c1cccc(NC(=O)c2cc3c(cc2F)CCN(C(=O)N2CCS(=O)CC2)C3)n1. The number of nitrogens with one attached hydrogen (secondary N) is 2. The quantitative estimate of drug-likeness (QED) is 0.246. The lowest BCUT2D eigenvalue weighted by Gasteiger charge is -2.35. The molecule has 2 aromatic rings. The van der Waals surface area contributed by atoms with Gasteiger partial charge in [-0.2, -0.15) is 0 Å². The molecular formula is C24H30FN7O3S. The topological polar surface area (TPSA) is 136 Å². The Balaban J connectivity index is 1.48.